The van der Waals surface area contributed by atoms with Crippen molar-refractivity contribution >= 4 is 19.0 Å². The monoisotopic (exact) mass is 296 g/mol. The average Bonchev–Trinajstić information content (AvgIpc) is 2.08. The summed E-state index contributed by atoms with van der Waals surface area (Å²) in [6, 6.07) is 0. The molecule has 0 aromatic rings. The predicted octanol–water partition coefficient (Wildman–Crippen LogP) is -1.85. The van der Waals surface area contributed by atoms with Gasteiger partial charge >= 0.3 is 6.80 Å². The number of hydrogen-bond acceptors (Lipinski definition) is 4. The molecular formula is C7H25N2O6PS. The molecule has 0 aromatic heterocycles. The van der Waals surface area contributed by atoms with Crippen LogP contribution in [0.2, 0.25) is 0 Å². The summed E-state index contributed by atoms with van der Waals surface area (Å²) in [4.78, 5) is 8.66. The first kappa shape index (κ1) is 26.0. The van der Waals surface area contributed by atoms with Gasteiger partial charge in [0.2, 0.25) is 0 Å². The lowest BCUT2D eigenvalue weighted by Crippen LogP contribution is -2.21. The van der Waals surface area contributed by atoms with Crippen LogP contribution in [0.15, 0.2) is 0 Å². The maximum absolute atomic E-state index is 10.6. The summed E-state index contributed by atoms with van der Waals surface area (Å²) in [7, 11) is 1.92. The van der Waals surface area contributed by atoms with E-state index < -0.39 is 6.80 Å². The molecule has 0 fully saturated rings. The third-order valence-corrected chi connectivity index (χ3v) is 2.40. The van der Waals surface area contributed by atoms with Gasteiger partial charge in [-0.3, -0.25) is 0 Å². The van der Waals surface area contributed by atoms with Gasteiger partial charge in [-0.25, -0.2) is 4.57 Å². The maximum Gasteiger partial charge on any atom is 0.383 e. The largest absolute Gasteiger partial charge is 0.412 e. The normalized spacial score (nSPS) is 12.6. The first-order chi connectivity index (χ1) is 6.56. The minimum Gasteiger partial charge on any atom is -0.412 e. The van der Waals surface area contributed by atoms with Crippen molar-refractivity contribution in [2.45, 2.75) is 12.8 Å². The Morgan fingerprint density at radius 2 is 1.71 bits per heavy atom. The first-order valence-corrected chi connectivity index (χ1v) is 7.34. The van der Waals surface area contributed by atoms with Gasteiger partial charge in [0.15, 0.2) is 0 Å². The molecule has 0 heterocycles. The Balaban J connectivity index is -0.000000282. The van der Waals surface area contributed by atoms with Crippen LogP contribution in [0.3, 0.4) is 0 Å². The van der Waals surface area contributed by atoms with Crippen molar-refractivity contribution in [2.24, 2.45) is 0 Å². The van der Waals surface area contributed by atoms with Crippen molar-refractivity contribution in [3.8, 4) is 0 Å². The van der Waals surface area contributed by atoms with Gasteiger partial charge in [0, 0.05) is 0 Å². The molecule has 0 rings (SSSR count). The van der Waals surface area contributed by atoms with E-state index in [1.807, 2.05) is 7.05 Å². The van der Waals surface area contributed by atoms with Crippen LogP contribution >= 0.6 is 19.0 Å². The molecule has 0 spiro atoms. The van der Waals surface area contributed by atoms with Gasteiger partial charge in [0.05, 0.1) is 6.61 Å². The summed E-state index contributed by atoms with van der Waals surface area (Å²) >= 11 is 3.39. The lowest BCUT2D eigenvalue weighted by atomic mass is 10.4. The molecule has 0 aliphatic heterocycles. The molecule has 17 heavy (non-hydrogen) atoms. The van der Waals surface area contributed by atoms with Crippen LogP contribution in [-0.2, 0) is 9.09 Å². The molecule has 0 radical (unpaired) electrons. The van der Waals surface area contributed by atoms with E-state index in [0.29, 0.717) is 6.42 Å². The second kappa shape index (κ2) is 16.3. The molecular weight excluding hydrogens is 271 g/mol. The van der Waals surface area contributed by atoms with Crippen molar-refractivity contribution in [1.29, 1.82) is 0 Å². The minimum atomic E-state index is -3.58. The van der Waals surface area contributed by atoms with Gasteiger partial charge in [-0.15, -0.1) is 0 Å². The highest BCUT2D eigenvalue weighted by molar-refractivity contribution is 8.44. The van der Waals surface area contributed by atoms with Crippen molar-refractivity contribution in [3.63, 3.8) is 0 Å². The Morgan fingerprint density at radius 1 is 1.18 bits per heavy atom. The third-order valence-electron chi connectivity index (χ3n) is 1.54. The quantitative estimate of drug-likeness (QED) is 0.222. The Kier molecular flexibility index (Phi) is 24.9. The van der Waals surface area contributed by atoms with Crippen molar-refractivity contribution in [2.75, 3.05) is 33.3 Å². The molecule has 8 nitrogen and oxygen atoms in total. The molecule has 110 valence electrons. The third kappa shape index (κ3) is 26.1. The van der Waals surface area contributed by atoms with E-state index in [1.54, 1.807) is 0 Å². The molecule has 0 aliphatic rings. The van der Waals surface area contributed by atoms with Gasteiger partial charge in [-0.05, 0) is 39.5 Å². The van der Waals surface area contributed by atoms with E-state index in [0.717, 1.165) is 26.1 Å². The molecule has 10 heteroatoms. The Labute approximate surface area is 107 Å². The van der Waals surface area contributed by atoms with Crippen LogP contribution < -0.4 is 10.6 Å². The fourth-order valence-electron chi connectivity index (χ4n) is 0.896. The van der Waals surface area contributed by atoms with E-state index in [1.165, 1.54) is 0 Å². The molecule has 0 saturated heterocycles. The highest BCUT2D eigenvalue weighted by Gasteiger charge is 2.09. The van der Waals surface area contributed by atoms with Gasteiger partial charge < -0.3 is 36.5 Å². The van der Waals surface area contributed by atoms with Gasteiger partial charge in [0.1, 0.15) is 0 Å². The van der Waals surface area contributed by atoms with E-state index >= 15 is 0 Å². The minimum absolute atomic E-state index is 0. The standard InChI is InChI=1S/C7H19N2O3PS.3H2O/c1-8-4-2-5-9-6-3-7-12-13(10,11)14;;;/h8-9H,2-7H2,1H3,(H2,10,11,14);3*1H2. The van der Waals surface area contributed by atoms with Crippen LogP contribution in [-0.4, -0.2) is 54.6 Å². The van der Waals surface area contributed by atoms with Gasteiger partial charge in [-0.2, -0.15) is 0 Å². The van der Waals surface area contributed by atoms with E-state index in [4.69, 9.17) is 4.89 Å². The highest BCUT2D eigenvalue weighted by Crippen LogP contribution is 2.46. The lowest BCUT2D eigenvalue weighted by Gasteiger charge is -2.06. The summed E-state index contributed by atoms with van der Waals surface area (Å²) in [5, 5.41) is 6.24. The first-order valence-electron chi connectivity index (χ1n) is 4.61. The Bertz CT molecular complexity index is 182. The fourth-order valence-corrected chi connectivity index (χ4v) is 1.51. The van der Waals surface area contributed by atoms with Crippen molar-refractivity contribution in [3.05, 3.63) is 0 Å². The smallest absolute Gasteiger partial charge is 0.383 e. The molecule has 1 unspecified atom stereocenters. The summed E-state index contributed by atoms with van der Waals surface area (Å²) in [5.41, 5.74) is 0. The molecule has 9 N–H and O–H groups in total. The highest BCUT2D eigenvalue weighted by atomic mass is 32.7. The number of hydrogen-bond donors (Lipinski definition) is 4. The second-order valence-electron chi connectivity index (χ2n) is 2.88. The molecule has 0 amide bonds. The van der Waals surface area contributed by atoms with E-state index in [9.17, 15) is 4.57 Å². The Hall–Kier alpha value is 0.300. The summed E-state index contributed by atoms with van der Waals surface area (Å²) < 4.78 is 15.1. The predicted molar refractivity (Wildman–Crippen MR) is 71.6 cm³/mol. The van der Waals surface area contributed by atoms with Crippen LogP contribution in [0.5, 0.6) is 0 Å². The molecule has 1 atom stereocenters. The summed E-state index contributed by atoms with van der Waals surface area (Å²) in [6.07, 6.45) is 1.78. The molecule has 0 aromatic carbocycles. The zero-order chi connectivity index (χ0) is 10.9. The number of nitrogens with one attached hydrogen (secondary N) is 2. The number of rotatable bonds is 9. The fraction of sp³-hybridized carbons (Fsp3) is 1.00. The summed E-state index contributed by atoms with van der Waals surface area (Å²) in [6.45, 7) is -0.591. The molecule has 0 bridgehead atoms. The molecule has 0 aliphatic carbocycles. The number of thiol groups is 1. The van der Waals surface area contributed by atoms with Crippen LogP contribution in [0.4, 0.5) is 0 Å². The van der Waals surface area contributed by atoms with Gasteiger partial charge in [-0.1, -0.05) is 12.2 Å². The van der Waals surface area contributed by atoms with Crippen molar-refractivity contribution in [1.82, 2.24) is 10.6 Å². The van der Waals surface area contributed by atoms with Crippen LogP contribution in [0.25, 0.3) is 0 Å². The second-order valence-corrected chi connectivity index (χ2v) is 5.64. The van der Waals surface area contributed by atoms with Crippen LogP contribution in [0.1, 0.15) is 12.8 Å². The van der Waals surface area contributed by atoms with Crippen molar-refractivity contribution < 1.29 is 30.4 Å². The topological polar surface area (TPSA) is 165 Å². The summed E-state index contributed by atoms with van der Waals surface area (Å²) in [5.74, 6) is 0. The Morgan fingerprint density at radius 3 is 2.18 bits per heavy atom. The average molecular weight is 296 g/mol. The van der Waals surface area contributed by atoms with E-state index in [2.05, 4.69) is 27.4 Å². The maximum atomic E-state index is 10.6. The van der Waals surface area contributed by atoms with Gasteiger partial charge in [0.25, 0.3) is 0 Å². The zero-order valence-corrected chi connectivity index (χ0v) is 11.7. The van der Waals surface area contributed by atoms with E-state index in [-0.39, 0.29) is 23.0 Å². The van der Waals surface area contributed by atoms with Crippen LogP contribution in [0, 0.1) is 0 Å². The zero-order valence-electron chi connectivity index (χ0n) is 9.90. The SMILES string of the molecule is CNCCCNCCCOP(=O)(O)S.O.O.O. The molecule has 0 saturated carbocycles. The lowest BCUT2D eigenvalue weighted by molar-refractivity contribution is 0.271.